The van der Waals surface area contributed by atoms with Crippen molar-refractivity contribution in [2.24, 2.45) is 0 Å². The summed E-state index contributed by atoms with van der Waals surface area (Å²) >= 11 is 9.10. The van der Waals surface area contributed by atoms with Crippen LogP contribution in [-0.2, 0) is 0 Å². The van der Waals surface area contributed by atoms with Crippen molar-refractivity contribution >= 4 is 41.6 Å². The third-order valence-corrected chi connectivity index (χ3v) is 33.0. The van der Waals surface area contributed by atoms with Gasteiger partial charge in [0.2, 0.25) is 0 Å². The summed E-state index contributed by atoms with van der Waals surface area (Å²) in [6.07, 6.45) is 61.1. The molecule has 0 atom stereocenters. The summed E-state index contributed by atoms with van der Waals surface area (Å²) in [5.41, 5.74) is 0. The monoisotopic (exact) mass is 929 g/mol. The second-order valence-corrected chi connectivity index (χ2v) is 41.5. The van der Waals surface area contributed by atoms with Crippen LogP contribution in [0, 0.1) is 0 Å². The Kier molecular flexibility index (Phi) is 41.8. The third kappa shape index (κ3) is 32.6. The van der Waals surface area contributed by atoms with Crippen molar-refractivity contribution in [3.05, 3.63) is 0 Å². The first kappa shape index (κ1) is 57.9. The van der Waals surface area contributed by atoms with E-state index in [0.717, 1.165) is 0 Å². The predicted octanol–water partition coefficient (Wildman–Crippen LogP) is 21.1. The topological polar surface area (TPSA) is 0 Å². The van der Waals surface area contributed by atoms with Gasteiger partial charge in [0.05, 0.1) is 0 Å². The van der Waals surface area contributed by atoms with Gasteiger partial charge in [-0.3, -0.25) is 0 Å². The van der Waals surface area contributed by atoms with Gasteiger partial charge in [0.1, 0.15) is 0 Å². The number of rotatable bonds is 42. The molecule has 0 saturated heterocycles. The molecule has 332 valence electrons. The van der Waals surface area contributed by atoms with Crippen molar-refractivity contribution in [1.29, 1.82) is 0 Å². The number of hydrogen-bond donors (Lipinski definition) is 0. The van der Waals surface area contributed by atoms with Gasteiger partial charge < -0.3 is 0 Å². The summed E-state index contributed by atoms with van der Waals surface area (Å²) in [5, 5.41) is -3.25. The summed E-state index contributed by atoms with van der Waals surface area (Å²) in [5.74, 6) is 0. The van der Waals surface area contributed by atoms with Crippen LogP contribution in [0.2, 0.25) is 0 Å². The van der Waals surface area contributed by atoms with Crippen LogP contribution >= 0.6 is 41.6 Å². The Morgan fingerprint density at radius 2 is 0.315 bits per heavy atom. The Morgan fingerprint density at radius 3 is 0.481 bits per heavy atom. The van der Waals surface area contributed by atoms with Crippen LogP contribution < -0.4 is 0 Å². The van der Waals surface area contributed by atoms with Crippen LogP contribution in [0.1, 0.15) is 274 Å². The summed E-state index contributed by atoms with van der Waals surface area (Å²) in [6, 6.07) is 0. The van der Waals surface area contributed by atoms with Crippen molar-refractivity contribution in [2.45, 2.75) is 274 Å². The Balaban J connectivity index is 0. The molecule has 0 unspecified atom stereocenters. The Labute approximate surface area is 362 Å². The second kappa shape index (κ2) is 39.0. The van der Waals surface area contributed by atoms with Crippen LogP contribution in [0.25, 0.3) is 0 Å². The van der Waals surface area contributed by atoms with Gasteiger partial charge >= 0.3 is 351 Å². The van der Waals surface area contributed by atoms with Crippen molar-refractivity contribution in [1.82, 2.24) is 0 Å². The number of halogens is 2. The molecule has 0 radical (unpaired) electrons. The van der Waals surface area contributed by atoms with Gasteiger partial charge in [-0.05, 0) is 0 Å². The van der Waals surface area contributed by atoms with E-state index >= 15 is 0 Å². The molecule has 0 aromatic heterocycles. The second-order valence-electron chi connectivity index (χ2n) is 18.6. The molecule has 0 N–H and O–H groups in total. The summed E-state index contributed by atoms with van der Waals surface area (Å²) in [6.45, 7) is 18.8. The standard InChI is InChI=1S/C26H56BrP.C24H52BrP/c1-5-9-13-14-15-16-17-18-19-20-21-22-26-28(27,23-10-6-2,24-11-7-3)25-12-8-4;1-5-9-13-14-15-16-17-18-19-20-24-26(25,21-10-6-2,22-11-7-3)23-12-8-4/h5-26H2,1-4H3;5-24H2,1-4H3. The number of hydrogen-bond acceptors (Lipinski definition) is 0. The molecule has 0 rings (SSSR count). The summed E-state index contributed by atoms with van der Waals surface area (Å²) in [4.78, 5) is 0. The number of unbranched alkanes of at least 4 members (excludes halogenated alkanes) is 26. The molecule has 0 fully saturated rings. The van der Waals surface area contributed by atoms with Gasteiger partial charge in [-0.2, -0.15) is 0 Å². The average Bonchev–Trinajstić information content (AvgIpc) is 3.18. The minimum atomic E-state index is -1.63. The van der Waals surface area contributed by atoms with Crippen LogP contribution in [0.3, 0.4) is 0 Å². The molecule has 0 saturated carbocycles. The first-order valence-corrected chi connectivity index (χ1v) is 35.5. The minimum absolute atomic E-state index is 1.36. The molecule has 0 aliphatic rings. The first-order valence-electron chi connectivity index (χ1n) is 25.5. The van der Waals surface area contributed by atoms with E-state index in [0.29, 0.717) is 0 Å². The molecule has 4 heteroatoms. The summed E-state index contributed by atoms with van der Waals surface area (Å²) < 4.78 is 0. The van der Waals surface area contributed by atoms with Crippen molar-refractivity contribution in [2.75, 3.05) is 49.3 Å². The fraction of sp³-hybridized carbons (Fsp3) is 1.00. The van der Waals surface area contributed by atoms with E-state index in [9.17, 15) is 0 Å². The van der Waals surface area contributed by atoms with Gasteiger partial charge in [-0.1, -0.05) is 13.3 Å². The van der Waals surface area contributed by atoms with Gasteiger partial charge in [0, 0.05) is 0 Å². The van der Waals surface area contributed by atoms with Crippen LogP contribution in [0.15, 0.2) is 0 Å². The van der Waals surface area contributed by atoms with Crippen LogP contribution in [0.4, 0.5) is 0 Å². The summed E-state index contributed by atoms with van der Waals surface area (Å²) in [7, 11) is 0. The van der Waals surface area contributed by atoms with Crippen LogP contribution in [-0.4, -0.2) is 49.3 Å². The van der Waals surface area contributed by atoms with E-state index in [1.165, 1.54) is 268 Å². The van der Waals surface area contributed by atoms with E-state index in [1.54, 1.807) is 0 Å². The third-order valence-electron chi connectivity index (χ3n) is 13.1. The molecule has 0 aliphatic carbocycles. The molecule has 0 aromatic rings. The molecular formula is C50H108Br2P2. The molecule has 0 nitrogen and oxygen atoms in total. The Hall–Kier alpha value is 1.82. The van der Waals surface area contributed by atoms with Crippen molar-refractivity contribution in [3.63, 3.8) is 0 Å². The molecule has 0 aromatic carbocycles. The van der Waals surface area contributed by atoms with Crippen molar-refractivity contribution < 1.29 is 0 Å². The normalized spacial score (nSPS) is 13.6. The van der Waals surface area contributed by atoms with E-state index in [-0.39, 0.29) is 0 Å². The zero-order valence-electron chi connectivity index (χ0n) is 39.3. The van der Waals surface area contributed by atoms with Crippen LogP contribution in [0.5, 0.6) is 0 Å². The molecule has 54 heavy (non-hydrogen) atoms. The molecular weight excluding hydrogens is 822 g/mol. The SMILES string of the molecule is CCCCCCCCCCCCCCP(Br)(CCCC)(CCCC)CCCC.CCCCCCCCCCCCP(Br)(CCCC)(CCCC)CCCC. The zero-order valence-corrected chi connectivity index (χ0v) is 44.3. The molecule has 0 spiro atoms. The van der Waals surface area contributed by atoms with Gasteiger partial charge in [-0.15, -0.1) is 0 Å². The maximum atomic E-state index is 4.56. The molecule has 0 aliphatic heterocycles. The van der Waals surface area contributed by atoms with Crippen molar-refractivity contribution in [3.8, 4) is 0 Å². The fourth-order valence-corrected chi connectivity index (χ4v) is 26.4. The Morgan fingerprint density at radius 1 is 0.185 bits per heavy atom. The quantitative estimate of drug-likeness (QED) is 0.0423. The first-order chi connectivity index (χ1) is 26.1. The Bertz CT molecular complexity index is 706. The molecule has 0 bridgehead atoms. The average molecular weight is 931 g/mol. The molecule has 0 heterocycles. The van der Waals surface area contributed by atoms with Gasteiger partial charge in [0.25, 0.3) is 0 Å². The van der Waals surface area contributed by atoms with E-state index < -0.39 is 10.6 Å². The maximum absolute atomic E-state index is 4.56. The predicted molar refractivity (Wildman–Crippen MR) is 273 cm³/mol. The van der Waals surface area contributed by atoms with E-state index in [2.05, 4.69) is 86.4 Å². The van der Waals surface area contributed by atoms with Gasteiger partial charge in [0.15, 0.2) is 0 Å². The van der Waals surface area contributed by atoms with E-state index in [1.807, 2.05) is 0 Å². The molecule has 0 amide bonds. The van der Waals surface area contributed by atoms with E-state index in [4.69, 9.17) is 0 Å². The fourth-order valence-electron chi connectivity index (χ4n) is 9.00. The zero-order chi connectivity index (χ0) is 40.6. The van der Waals surface area contributed by atoms with Gasteiger partial charge in [-0.25, -0.2) is 0 Å².